The minimum absolute atomic E-state index is 0. The van der Waals surface area contributed by atoms with Crippen LogP contribution in [0.5, 0.6) is 0 Å². The van der Waals surface area contributed by atoms with Crippen molar-refractivity contribution in [1.29, 1.82) is 0 Å². The van der Waals surface area contributed by atoms with E-state index in [1.807, 2.05) is 0 Å². The van der Waals surface area contributed by atoms with Gasteiger partial charge in [-0.25, -0.2) is 0 Å². The smallest absolute Gasteiger partial charge is 0.0814 e. The Labute approximate surface area is 56.1 Å². The fraction of sp³-hybridized carbons (Fsp3) is 0.167. The normalized spacial score (nSPS) is 8.11. The molecule has 0 bridgehead atoms. The standard InChI is InChI=1S/C6H7NO.BH3/c8-5-6-1-3-7-4-2-6;/h1-4,8H,5H2;1H3. The van der Waals surface area contributed by atoms with Crippen molar-refractivity contribution in [3.05, 3.63) is 30.1 Å². The summed E-state index contributed by atoms with van der Waals surface area (Å²) in [5, 5.41) is 8.51. The van der Waals surface area contributed by atoms with Crippen molar-refractivity contribution in [2.75, 3.05) is 0 Å². The third kappa shape index (κ3) is 2.28. The number of hydrogen-bond acceptors (Lipinski definition) is 2. The van der Waals surface area contributed by atoms with E-state index in [2.05, 4.69) is 4.98 Å². The summed E-state index contributed by atoms with van der Waals surface area (Å²) in [7, 11) is 0. The zero-order chi connectivity index (χ0) is 5.82. The van der Waals surface area contributed by atoms with Gasteiger partial charge in [0.2, 0.25) is 0 Å². The van der Waals surface area contributed by atoms with E-state index in [1.165, 1.54) is 0 Å². The zero-order valence-electron chi connectivity index (χ0n) is 4.41. The van der Waals surface area contributed by atoms with E-state index < -0.39 is 0 Å². The molecule has 3 heteroatoms. The molecule has 1 heterocycles. The number of aliphatic hydroxyl groups is 1. The first-order valence-corrected chi connectivity index (χ1v) is 2.43. The first-order valence-electron chi connectivity index (χ1n) is 2.43. The molecule has 0 spiro atoms. The third-order valence-corrected chi connectivity index (χ3v) is 0.932. The minimum Gasteiger partial charge on any atom is -0.392 e. The average Bonchev–Trinajstić information content (AvgIpc) is 1.90. The van der Waals surface area contributed by atoms with Gasteiger partial charge in [0.15, 0.2) is 0 Å². The Kier molecular flexibility index (Phi) is 3.72. The first-order chi connectivity index (χ1) is 3.93. The Bertz CT molecular complexity index is 154. The Morgan fingerprint density at radius 1 is 1.33 bits per heavy atom. The van der Waals surface area contributed by atoms with Crippen LogP contribution in [0.3, 0.4) is 0 Å². The lowest BCUT2D eigenvalue weighted by molar-refractivity contribution is 0.281. The van der Waals surface area contributed by atoms with Gasteiger partial charge < -0.3 is 5.11 Å². The number of hydrogen-bond donors (Lipinski definition) is 1. The van der Waals surface area contributed by atoms with Crippen LogP contribution in [0, 0.1) is 0 Å². The minimum atomic E-state index is 0. The molecule has 0 fully saturated rings. The van der Waals surface area contributed by atoms with Gasteiger partial charge >= 0.3 is 0 Å². The number of pyridine rings is 1. The topological polar surface area (TPSA) is 33.1 Å². The molecule has 1 aromatic rings. The van der Waals surface area contributed by atoms with Crippen molar-refractivity contribution >= 4 is 8.41 Å². The van der Waals surface area contributed by atoms with Crippen LogP contribution >= 0.6 is 0 Å². The second-order valence-corrected chi connectivity index (χ2v) is 1.51. The van der Waals surface area contributed by atoms with Gasteiger partial charge in [0.1, 0.15) is 0 Å². The fourth-order valence-corrected chi connectivity index (χ4v) is 0.488. The van der Waals surface area contributed by atoms with Crippen LogP contribution in [0.15, 0.2) is 24.5 Å². The number of rotatable bonds is 1. The van der Waals surface area contributed by atoms with Crippen LogP contribution in [0.25, 0.3) is 0 Å². The highest BCUT2D eigenvalue weighted by atomic mass is 16.3. The molecule has 0 radical (unpaired) electrons. The third-order valence-electron chi connectivity index (χ3n) is 0.932. The summed E-state index contributed by atoms with van der Waals surface area (Å²) in [5.74, 6) is 0. The lowest BCUT2D eigenvalue weighted by Crippen LogP contribution is -1.80. The van der Waals surface area contributed by atoms with Gasteiger partial charge in [-0.3, -0.25) is 4.98 Å². The maximum Gasteiger partial charge on any atom is 0.0814 e. The predicted molar refractivity (Wildman–Crippen MR) is 40.1 cm³/mol. The Hall–Kier alpha value is -0.825. The second kappa shape index (κ2) is 4.09. The van der Waals surface area contributed by atoms with Crippen molar-refractivity contribution in [3.8, 4) is 0 Å². The Balaban J connectivity index is 0.000000640. The monoisotopic (exact) mass is 123 g/mol. The van der Waals surface area contributed by atoms with Crippen LogP contribution in [-0.2, 0) is 6.61 Å². The maximum absolute atomic E-state index is 8.51. The van der Waals surface area contributed by atoms with E-state index >= 15 is 0 Å². The van der Waals surface area contributed by atoms with E-state index in [-0.39, 0.29) is 15.0 Å². The number of aliphatic hydroxyl groups excluding tert-OH is 1. The molecule has 0 unspecified atom stereocenters. The average molecular weight is 123 g/mol. The highest BCUT2D eigenvalue weighted by Crippen LogP contribution is 1.92. The molecule has 0 atom stereocenters. The fourth-order valence-electron chi connectivity index (χ4n) is 0.488. The molecule has 48 valence electrons. The highest BCUT2D eigenvalue weighted by molar-refractivity contribution is 5.75. The molecule has 0 saturated carbocycles. The van der Waals surface area contributed by atoms with Gasteiger partial charge in [-0.05, 0) is 17.7 Å². The van der Waals surface area contributed by atoms with E-state index in [9.17, 15) is 0 Å². The van der Waals surface area contributed by atoms with Crippen molar-refractivity contribution < 1.29 is 5.11 Å². The molecular formula is C6H10BNO. The molecule has 1 rings (SSSR count). The van der Waals surface area contributed by atoms with Gasteiger partial charge in [-0.15, -0.1) is 0 Å². The lowest BCUT2D eigenvalue weighted by atomic mass is 10.3. The predicted octanol–water partition coefficient (Wildman–Crippen LogP) is -0.610. The van der Waals surface area contributed by atoms with Crippen molar-refractivity contribution in [2.24, 2.45) is 0 Å². The largest absolute Gasteiger partial charge is 0.392 e. The van der Waals surface area contributed by atoms with Gasteiger partial charge in [-0.2, -0.15) is 0 Å². The van der Waals surface area contributed by atoms with E-state index in [1.54, 1.807) is 24.5 Å². The van der Waals surface area contributed by atoms with Crippen LogP contribution in [0.4, 0.5) is 0 Å². The van der Waals surface area contributed by atoms with E-state index in [0.717, 1.165) is 5.56 Å². The van der Waals surface area contributed by atoms with Crippen molar-refractivity contribution in [1.82, 2.24) is 4.98 Å². The van der Waals surface area contributed by atoms with E-state index in [0.29, 0.717) is 0 Å². The molecule has 1 N–H and O–H groups in total. The Morgan fingerprint density at radius 2 is 1.89 bits per heavy atom. The summed E-state index contributed by atoms with van der Waals surface area (Å²) < 4.78 is 0. The highest BCUT2D eigenvalue weighted by Gasteiger charge is 1.81. The quantitative estimate of drug-likeness (QED) is 0.505. The lowest BCUT2D eigenvalue weighted by Gasteiger charge is -1.88. The van der Waals surface area contributed by atoms with Crippen LogP contribution in [0.1, 0.15) is 5.56 Å². The van der Waals surface area contributed by atoms with Crippen LogP contribution in [0.2, 0.25) is 0 Å². The Morgan fingerprint density at radius 3 is 2.22 bits per heavy atom. The summed E-state index contributed by atoms with van der Waals surface area (Å²) in [6.07, 6.45) is 3.32. The summed E-state index contributed by atoms with van der Waals surface area (Å²) in [5.41, 5.74) is 0.903. The van der Waals surface area contributed by atoms with Gasteiger partial charge in [0, 0.05) is 12.4 Å². The second-order valence-electron chi connectivity index (χ2n) is 1.51. The maximum atomic E-state index is 8.51. The number of aromatic nitrogens is 1. The molecule has 0 aromatic carbocycles. The van der Waals surface area contributed by atoms with Crippen LogP contribution in [-0.4, -0.2) is 18.5 Å². The molecule has 0 aliphatic heterocycles. The molecule has 1 aromatic heterocycles. The van der Waals surface area contributed by atoms with Gasteiger partial charge in [0.25, 0.3) is 0 Å². The van der Waals surface area contributed by atoms with E-state index in [4.69, 9.17) is 5.11 Å². The number of nitrogens with zero attached hydrogens (tertiary/aromatic N) is 1. The molecule has 9 heavy (non-hydrogen) atoms. The van der Waals surface area contributed by atoms with Gasteiger partial charge in [-0.1, -0.05) is 0 Å². The zero-order valence-corrected chi connectivity index (χ0v) is 4.41. The van der Waals surface area contributed by atoms with Crippen LogP contribution < -0.4 is 0 Å². The summed E-state index contributed by atoms with van der Waals surface area (Å²) in [6, 6.07) is 3.56. The molecule has 2 nitrogen and oxygen atoms in total. The summed E-state index contributed by atoms with van der Waals surface area (Å²) in [4.78, 5) is 3.78. The SMILES string of the molecule is B.OCc1ccncc1. The molecular weight excluding hydrogens is 113 g/mol. The molecule has 0 saturated heterocycles. The molecule has 0 aliphatic carbocycles. The molecule has 0 aliphatic rings. The van der Waals surface area contributed by atoms with Crippen molar-refractivity contribution in [2.45, 2.75) is 6.61 Å². The molecule has 0 amide bonds. The summed E-state index contributed by atoms with van der Waals surface area (Å²) >= 11 is 0. The first kappa shape index (κ1) is 8.17. The van der Waals surface area contributed by atoms with Crippen molar-refractivity contribution in [3.63, 3.8) is 0 Å². The van der Waals surface area contributed by atoms with Gasteiger partial charge in [0.05, 0.1) is 15.0 Å². The summed E-state index contributed by atoms with van der Waals surface area (Å²) in [6.45, 7) is 0.0997.